The maximum atomic E-state index is 11.6. The molecule has 5 nitrogen and oxygen atoms in total. The summed E-state index contributed by atoms with van der Waals surface area (Å²) in [5.74, 6) is 0.770. The molecule has 0 atom stereocenters. The van der Waals surface area contributed by atoms with E-state index in [1.165, 1.54) is 10.6 Å². The molecular formula is C12H18N2O3S. The second-order valence-corrected chi connectivity index (χ2v) is 6.61. The van der Waals surface area contributed by atoms with Crippen molar-refractivity contribution in [3.8, 4) is 5.75 Å². The lowest BCUT2D eigenvalue weighted by atomic mass is 10.1. The van der Waals surface area contributed by atoms with Gasteiger partial charge in [-0.15, -0.1) is 0 Å². The maximum Gasteiger partial charge on any atom is 0.211 e. The number of hydrogen-bond acceptors (Lipinski definition) is 4. The Kier molecular flexibility index (Phi) is 3.49. The number of hydrogen-bond donors (Lipinski definition) is 0. The molecule has 0 aliphatic carbocycles. The first-order valence-corrected chi connectivity index (χ1v) is 7.61. The van der Waals surface area contributed by atoms with E-state index in [0.717, 1.165) is 17.0 Å². The van der Waals surface area contributed by atoms with Crippen LogP contribution < -0.4 is 9.64 Å². The zero-order valence-corrected chi connectivity index (χ0v) is 11.7. The highest BCUT2D eigenvalue weighted by Gasteiger charge is 2.22. The number of rotatable bonds is 2. The summed E-state index contributed by atoms with van der Waals surface area (Å²) in [4.78, 5) is 1.98. The van der Waals surface area contributed by atoms with Gasteiger partial charge in [0.05, 0.1) is 6.26 Å². The smallest absolute Gasteiger partial charge is 0.211 e. The predicted octanol–water partition coefficient (Wildman–Crippen LogP) is 0.907. The van der Waals surface area contributed by atoms with Crippen molar-refractivity contribution in [3.05, 3.63) is 23.8 Å². The zero-order valence-electron chi connectivity index (χ0n) is 10.9. The molecule has 1 heterocycles. The zero-order chi connectivity index (χ0) is 13.3. The summed E-state index contributed by atoms with van der Waals surface area (Å²) in [5.41, 5.74) is 1.94. The van der Waals surface area contributed by atoms with Crippen molar-refractivity contribution < 1.29 is 13.2 Å². The molecule has 1 aliphatic rings. The van der Waals surface area contributed by atoms with E-state index in [2.05, 4.69) is 0 Å². The van der Waals surface area contributed by atoms with Gasteiger partial charge in [0.25, 0.3) is 0 Å². The molecule has 18 heavy (non-hydrogen) atoms. The molecule has 1 aromatic carbocycles. The number of fused-ring (bicyclic) bond motifs is 1. The van der Waals surface area contributed by atoms with E-state index in [9.17, 15) is 8.42 Å². The molecular weight excluding hydrogens is 252 g/mol. The number of benzene rings is 1. The minimum absolute atomic E-state index is 0.371. The van der Waals surface area contributed by atoms with Crippen LogP contribution in [0.5, 0.6) is 5.75 Å². The molecule has 0 radical (unpaired) electrons. The molecule has 0 spiro atoms. The van der Waals surface area contributed by atoms with E-state index in [4.69, 9.17) is 4.74 Å². The topological polar surface area (TPSA) is 49.9 Å². The highest BCUT2D eigenvalue weighted by molar-refractivity contribution is 7.88. The predicted molar refractivity (Wildman–Crippen MR) is 71.5 cm³/mol. The summed E-state index contributed by atoms with van der Waals surface area (Å²) in [7, 11) is 0.719. The largest absolute Gasteiger partial charge is 0.492 e. The molecule has 100 valence electrons. The van der Waals surface area contributed by atoms with Gasteiger partial charge in [-0.2, -0.15) is 4.31 Å². The number of sulfonamides is 1. The van der Waals surface area contributed by atoms with Crippen molar-refractivity contribution in [2.45, 2.75) is 6.54 Å². The second kappa shape index (κ2) is 4.78. The summed E-state index contributed by atoms with van der Waals surface area (Å²) in [5, 5.41) is 0. The average molecular weight is 270 g/mol. The first-order valence-electron chi connectivity index (χ1n) is 5.76. The van der Waals surface area contributed by atoms with E-state index >= 15 is 0 Å². The third-order valence-electron chi connectivity index (χ3n) is 2.97. The highest BCUT2D eigenvalue weighted by Crippen LogP contribution is 2.28. The summed E-state index contributed by atoms with van der Waals surface area (Å²) >= 11 is 0. The molecule has 0 N–H and O–H groups in total. The molecule has 0 saturated heterocycles. The lowest BCUT2D eigenvalue weighted by molar-refractivity contribution is 0.293. The molecule has 0 aromatic heterocycles. The molecule has 0 saturated carbocycles. The fourth-order valence-corrected chi connectivity index (χ4v) is 2.70. The quantitative estimate of drug-likeness (QED) is 0.801. The standard InChI is InChI=1S/C12H18N2O3S/c1-13(2)11-4-5-12-10(8-11)9-14(6-7-17-12)18(3,15)16/h4-5,8H,6-7,9H2,1-3H3. The van der Waals surface area contributed by atoms with Crippen molar-refractivity contribution in [1.82, 2.24) is 4.31 Å². The van der Waals surface area contributed by atoms with Crippen molar-refractivity contribution in [2.24, 2.45) is 0 Å². The van der Waals surface area contributed by atoms with Crippen LogP contribution in [0.1, 0.15) is 5.56 Å². The van der Waals surface area contributed by atoms with Gasteiger partial charge in [-0.3, -0.25) is 0 Å². The van der Waals surface area contributed by atoms with Crippen LogP contribution in [0, 0.1) is 0 Å². The van der Waals surface area contributed by atoms with Gasteiger partial charge < -0.3 is 9.64 Å². The Balaban J connectivity index is 2.37. The summed E-state index contributed by atoms with van der Waals surface area (Å²) in [6.07, 6.45) is 1.23. The SMILES string of the molecule is CN(C)c1ccc2c(c1)CN(S(C)(=O)=O)CCO2. The first kappa shape index (κ1) is 13.2. The van der Waals surface area contributed by atoms with Gasteiger partial charge in [-0.05, 0) is 18.2 Å². The van der Waals surface area contributed by atoms with Crippen LogP contribution in [0.2, 0.25) is 0 Å². The lowest BCUT2D eigenvalue weighted by Crippen LogP contribution is -2.31. The van der Waals surface area contributed by atoms with E-state index in [-0.39, 0.29) is 0 Å². The normalized spacial score (nSPS) is 16.6. The Morgan fingerprint density at radius 1 is 1.33 bits per heavy atom. The van der Waals surface area contributed by atoms with Gasteiger partial charge >= 0.3 is 0 Å². The van der Waals surface area contributed by atoms with Crippen molar-refractivity contribution in [3.63, 3.8) is 0 Å². The summed E-state index contributed by atoms with van der Waals surface area (Å²) in [6, 6.07) is 5.84. The molecule has 0 amide bonds. The number of nitrogens with zero attached hydrogens (tertiary/aromatic N) is 2. The second-order valence-electron chi connectivity index (χ2n) is 4.63. The highest BCUT2D eigenvalue weighted by atomic mass is 32.2. The van der Waals surface area contributed by atoms with Crippen LogP contribution in [-0.2, 0) is 16.6 Å². The molecule has 6 heteroatoms. The van der Waals surface area contributed by atoms with Crippen LogP contribution in [0.15, 0.2) is 18.2 Å². The molecule has 0 fully saturated rings. The molecule has 1 aliphatic heterocycles. The number of ether oxygens (including phenoxy) is 1. The first-order chi connectivity index (χ1) is 8.38. The molecule has 1 aromatic rings. The van der Waals surface area contributed by atoms with Crippen molar-refractivity contribution >= 4 is 15.7 Å². The third kappa shape index (κ3) is 2.76. The monoisotopic (exact) mass is 270 g/mol. The van der Waals surface area contributed by atoms with Crippen LogP contribution in [0.25, 0.3) is 0 Å². The molecule has 0 bridgehead atoms. The maximum absolute atomic E-state index is 11.6. The van der Waals surface area contributed by atoms with Gasteiger partial charge in [0.1, 0.15) is 12.4 Å². The third-order valence-corrected chi connectivity index (χ3v) is 4.22. The average Bonchev–Trinajstić information content (AvgIpc) is 2.48. The summed E-state index contributed by atoms with van der Waals surface area (Å²) in [6.45, 7) is 1.15. The van der Waals surface area contributed by atoms with Crippen molar-refractivity contribution in [1.29, 1.82) is 0 Å². The Hall–Kier alpha value is -1.27. The van der Waals surface area contributed by atoms with Crippen LogP contribution in [-0.4, -0.2) is 46.2 Å². The fraction of sp³-hybridized carbons (Fsp3) is 0.500. The Labute approximate surface area is 108 Å². The van der Waals surface area contributed by atoms with E-state index in [0.29, 0.717) is 19.7 Å². The lowest BCUT2D eigenvalue weighted by Gasteiger charge is -2.18. The van der Waals surface area contributed by atoms with Gasteiger partial charge in [0.15, 0.2) is 0 Å². The minimum Gasteiger partial charge on any atom is -0.492 e. The van der Waals surface area contributed by atoms with Gasteiger partial charge in [0.2, 0.25) is 10.0 Å². The molecule has 2 rings (SSSR count). The summed E-state index contributed by atoms with van der Waals surface area (Å²) < 4.78 is 30.3. The number of anilines is 1. The van der Waals surface area contributed by atoms with Gasteiger partial charge in [-0.25, -0.2) is 8.42 Å². The Morgan fingerprint density at radius 3 is 2.67 bits per heavy atom. The van der Waals surface area contributed by atoms with Crippen LogP contribution in [0.3, 0.4) is 0 Å². The van der Waals surface area contributed by atoms with E-state index in [1.54, 1.807) is 0 Å². The van der Waals surface area contributed by atoms with E-state index < -0.39 is 10.0 Å². The van der Waals surface area contributed by atoms with Gasteiger partial charge in [-0.1, -0.05) is 0 Å². The van der Waals surface area contributed by atoms with Gasteiger partial charge in [0, 0.05) is 38.4 Å². The minimum atomic E-state index is -3.19. The van der Waals surface area contributed by atoms with E-state index in [1.807, 2.05) is 37.2 Å². The van der Waals surface area contributed by atoms with Crippen LogP contribution >= 0.6 is 0 Å². The molecule has 0 unspecified atom stereocenters. The Morgan fingerprint density at radius 2 is 2.06 bits per heavy atom. The fourth-order valence-electron chi connectivity index (χ4n) is 1.92. The van der Waals surface area contributed by atoms with Crippen LogP contribution in [0.4, 0.5) is 5.69 Å². The van der Waals surface area contributed by atoms with Crippen molar-refractivity contribution in [2.75, 3.05) is 38.4 Å². The Bertz CT molecular complexity index is 540.